The molecule has 0 aromatic heterocycles. The van der Waals surface area contributed by atoms with E-state index in [0.29, 0.717) is 41.7 Å². The minimum Gasteiger partial charge on any atom is -0.494 e. The minimum atomic E-state index is -0.816. The second kappa shape index (κ2) is 12.6. The number of benzene rings is 4. The van der Waals surface area contributed by atoms with E-state index in [1.54, 1.807) is 36.4 Å². The number of nitrogens with zero attached hydrogens (tertiary/aromatic N) is 1. The van der Waals surface area contributed by atoms with Crippen molar-refractivity contribution in [2.24, 2.45) is 0 Å². The summed E-state index contributed by atoms with van der Waals surface area (Å²) in [5.41, 5.74) is 2.88. The van der Waals surface area contributed by atoms with E-state index in [-0.39, 0.29) is 5.57 Å². The molecular weight excluding hydrogens is 647 g/mol. The van der Waals surface area contributed by atoms with Crippen LogP contribution in [0.4, 0.5) is 10.5 Å². The molecule has 1 heterocycles. The summed E-state index contributed by atoms with van der Waals surface area (Å²) in [5, 5.41) is 4.52. The fraction of sp³-hybridized carbons (Fsp3) is 0.182. The van der Waals surface area contributed by atoms with Crippen LogP contribution in [0.1, 0.15) is 30.0 Å². The number of carbonyl (C=O) groups is 3. The van der Waals surface area contributed by atoms with Crippen LogP contribution in [0.15, 0.2) is 78.4 Å². The van der Waals surface area contributed by atoms with Crippen LogP contribution in [0, 0.1) is 10.5 Å². The van der Waals surface area contributed by atoms with E-state index in [9.17, 15) is 14.4 Å². The van der Waals surface area contributed by atoms with Gasteiger partial charge in [0.15, 0.2) is 11.5 Å². The Labute approximate surface area is 257 Å². The van der Waals surface area contributed by atoms with E-state index >= 15 is 0 Å². The quantitative estimate of drug-likeness (QED) is 0.119. The number of imide groups is 2. The Kier molecular flexibility index (Phi) is 8.77. The Bertz CT molecular complexity index is 1710. The Morgan fingerprint density at radius 2 is 1.71 bits per heavy atom. The molecule has 1 fully saturated rings. The second-order valence-corrected chi connectivity index (χ2v) is 10.9. The number of ether oxygens (including phenoxy) is 3. The molecule has 4 aromatic carbocycles. The normalized spacial score (nSPS) is 14.3. The number of nitrogens with one attached hydrogen (secondary N) is 1. The highest BCUT2D eigenvalue weighted by molar-refractivity contribution is 14.1. The number of hydrogen-bond donors (Lipinski definition) is 1. The first-order valence-corrected chi connectivity index (χ1v) is 14.5. The lowest BCUT2D eigenvalue weighted by atomic mass is 10.0. The maximum atomic E-state index is 13.4. The molecule has 0 saturated carbocycles. The molecule has 214 valence electrons. The molecule has 42 heavy (non-hydrogen) atoms. The van der Waals surface area contributed by atoms with Gasteiger partial charge in [0.25, 0.3) is 11.8 Å². The van der Waals surface area contributed by atoms with Crippen LogP contribution in [0.2, 0.25) is 0 Å². The second-order valence-electron chi connectivity index (χ2n) is 9.71. The molecular formula is C33H29IN2O6. The van der Waals surface area contributed by atoms with E-state index in [0.717, 1.165) is 36.8 Å². The number of aryl methyl sites for hydroxylation is 1. The van der Waals surface area contributed by atoms with Crippen LogP contribution in [-0.2, 0) is 16.2 Å². The van der Waals surface area contributed by atoms with Crippen LogP contribution in [0.25, 0.3) is 16.8 Å². The molecule has 9 heteroatoms. The average Bonchev–Trinajstić information content (AvgIpc) is 2.98. The van der Waals surface area contributed by atoms with Crippen LogP contribution in [0.3, 0.4) is 0 Å². The van der Waals surface area contributed by atoms with Crippen molar-refractivity contribution >= 4 is 63.0 Å². The van der Waals surface area contributed by atoms with Gasteiger partial charge in [0.1, 0.15) is 17.9 Å². The Balaban J connectivity index is 1.42. The lowest BCUT2D eigenvalue weighted by Gasteiger charge is -2.26. The smallest absolute Gasteiger partial charge is 0.335 e. The standard InChI is InChI=1S/C33H29IN2O6/c1-4-15-41-24-13-11-23(12-14-24)36-32(38)26(31(37)35-33(36)39)16-21-17-28(34)30(29(18-21)40-3)42-19-27-20(2)9-10-22-7-5-6-8-25(22)27/h5-14,16-18H,4,15,19H2,1-3H3,(H,35,37,39)/b26-16-. The molecule has 8 nitrogen and oxygen atoms in total. The highest BCUT2D eigenvalue weighted by atomic mass is 127. The van der Waals surface area contributed by atoms with Gasteiger partial charge in [-0.1, -0.05) is 43.3 Å². The summed E-state index contributed by atoms with van der Waals surface area (Å²) in [5.74, 6) is 0.119. The molecule has 0 spiro atoms. The zero-order valence-electron chi connectivity index (χ0n) is 23.4. The molecule has 1 N–H and O–H groups in total. The van der Waals surface area contributed by atoms with Crippen molar-refractivity contribution in [1.29, 1.82) is 0 Å². The maximum absolute atomic E-state index is 13.4. The van der Waals surface area contributed by atoms with E-state index in [2.05, 4.69) is 59.1 Å². The molecule has 0 aliphatic carbocycles. The van der Waals surface area contributed by atoms with Crippen molar-refractivity contribution in [3.63, 3.8) is 0 Å². The first-order chi connectivity index (χ1) is 20.3. The molecule has 1 aliphatic rings. The van der Waals surface area contributed by atoms with Crippen LogP contribution in [-0.4, -0.2) is 31.6 Å². The highest BCUT2D eigenvalue weighted by Crippen LogP contribution is 2.36. The summed E-state index contributed by atoms with van der Waals surface area (Å²) in [6.45, 7) is 4.94. The lowest BCUT2D eigenvalue weighted by Crippen LogP contribution is -2.54. The number of anilines is 1. The highest BCUT2D eigenvalue weighted by Gasteiger charge is 2.37. The van der Waals surface area contributed by atoms with Crippen LogP contribution in [0.5, 0.6) is 17.2 Å². The zero-order chi connectivity index (χ0) is 29.8. The first-order valence-electron chi connectivity index (χ1n) is 13.4. The molecule has 0 bridgehead atoms. The van der Waals surface area contributed by atoms with Gasteiger partial charge in [-0.25, -0.2) is 9.69 Å². The van der Waals surface area contributed by atoms with Gasteiger partial charge in [-0.3, -0.25) is 14.9 Å². The van der Waals surface area contributed by atoms with E-state index < -0.39 is 17.8 Å². The number of halogens is 1. The van der Waals surface area contributed by atoms with Crippen molar-refractivity contribution in [2.45, 2.75) is 26.9 Å². The molecule has 0 unspecified atom stereocenters. The number of fused-ring (bicyclic) bond motifs is 1. The van der Waals surface area contributed by atoms with E-state index in [4.69, 9.17) is 14.2 Å². The predicted octanol–water partition coefficient (Wildman–Crippen LogP) is 6.80. The summed E-state index contributed by atoms with van der Waals surface area (Å²) in [7, 11) is 1.53. The van der Waals surface area contributed by atoms with Gasteiger partial charge in [0.2, 0.25) is 0 Å². The molecule has 0 atom stereocenters. The topological polar surface area (TPSA) is 94.2 Å². The minimum absolute atomic E-state index is 0.182. The Morgan fingerprint density at radius 3 is 2.45 bits per heavy atom. The third-order valence-electron chi connectivity index (χ3n) is 6.87. The number of urea groups is 1. The van der Waals surface area contributed by atoms with Crippen molar-refractivity contribution < 1.29 is 28.6 Å². The maximum Gasteiger partial charge on any atom is 0.335 e. The largest absolute Gasteiger partial charge is 0.494 e. The molecule has 4 amide bonds. The summed E-state index contributed by atoms with van der Waals surface area (Å²) in [4.78, 5) is 39.7. The first kappa shape index (κ1) is 29.1. The molecule has 0 radical (unpaired) electrons. The van der Waals surface area contributed by atoms with E-state index in [1.807, 2.05) is 19.1 Å². The monoisotopic (exact) mass is 676 g/mol. The molecule has 5 rings (SSSR count). The number of barbiturate groups is 1. The van der Waals surface area contributed by atoms with E-state index in [1.165, 1.54) is 13.2 Å². The Morgan fingerprint density at radius 1 is 0.952 bits per heavy atom. The van der Waals surface area contributed by atoms with Crippen LogP contribution < -0.4 is 24.4 Å². The van der Waals surface area contributed by atoms with Crippen molar-refractivity contribution in [3.8, 4) is 17.2 Å². The Hall–Kier alpha value is -4.38. The number of hydrogen-bond acceptors (Lipinski definition) is 6. The molecule has 1 aliphatic heterocycles. The van der Waals surface area contributed by atoms with Crippen LogP contribution >= 0.6 is 22.6 Å². The summed E-state index contributed by atoms with van der Waals surface area (Å²) < 4.78 is 18.2. The van der Waals surface area contributed by atoms with Gasteiger partial charge in [-0.05, 0) is 100 Å². The number of amides is 4. The summed E-state index contributed by atoms with van der Waals surface area (Å²) in [6.07, 6.45) is 2.30. The lowest BCUT2D eigenvalue weighted by molar-refractivity contribution is -0.122. The average molecular weight is 677 g/mol. The van der Waals surface area contributed by atoms with Gasteiger partial charge in [-0.15, -0.1) is 0 Å². The molecule has 1 saturated heterocycles. The van der Waals surface area contributed by atoms with Crippen molar-refractivity contribution in [3.05, 3.63) is 98.6 Å². The molecule has 4 aromatic rings. The van der Waals surface area contributed by atoms with Gasteiger partial charge in [0.05, 0.1) is 23.0 Å². The number of carbonyl (C=O) groups excluding carboxylic acids is 3. The summed E-state index contributed by atoms with van der Waals surface area (Å²) in [6, 6.07) is 21.6. The zero-order valence-corrected chi connectivity index (χ0v) is 25.6. The third kappa shape index (κ3) is 5.96. The van der Waals surface area contributed by atoms with Gasteiger partial charge in [-0.2, -0.15) is 0 Å². The van der Waals surface area contributed by atoms with Gasteiger partial charge in [0, 0.05) is 5.56 Å². The number of methoxy groups -OCH3 is 1. The van der Waals surface area contributed by atoms with Gasteiger partial charge >= 0.3 is 6.03 Å². The van der Waals surface area contributed by atoms with Gasteiger partial charge < -0.3 is 14.2 Å². The fourth-order valence-corrected chi connectivity index (χ4v) is 5.50. The summed E-state index contributed by atoms with van der Waals surface area (Å²) >= 11 is 2.14. The third-order valence-corrected chi connectivity index (χ3v) is 7.67. The van der Waals surface area contributed by atoms with Crippen molar-refractivity contribution in [2.75, 3.05) is 18.6 Å². The SMILES string of the molecule is CCCOc1ccc(N2C(=O)NC(=O)/C(=C/c3cc(I)c(OCc4c(C)ccc5ccccc45)c(OC)c3)C2=O)cc1. The van der Waals surface area contributed by atoms with Crippen molar-refractivity contribution in [1.82, 2.24) is 5.32 Å². The fourth-order valence-electron chi connectivity index (χ4n) is 4.71. The predicted molar refractivity (Wildman–Crippen MR) is 170 cm³/mol. The number of rotatable bonds is 9.